The van der Waals surface area contributed by atoms with Crippen LogP contribution in [0.25, 0.3) is 21.5 Å². The Balaban J connectivity index is 1.44. The summed E-state index contributed by atoms with van der Waals surface area (Å²) in [4.78, 5) is 0. The van der Waals surface area contributed by atoms with Crippen LogP contribution >= 0.6 is 0 Å². The molecule has 2 heteroatoms. The van der Waals surface area contributed by atoms with Crippen LogP contribution in [0.5, 0.6) is 0 Å². The fraction of sp³-hybridized carbons (Fsp3) is 0.179. The van der Waals surface area contributed by atoms with Crippen LogP contribution in [0.3, 0.4) is 0 Å². The molecule has 0 unspecified atom stereocenters. The van der Waals surface area contributed by atoms with Crippen molar-refractivity contribution in [3.63, 3.8) is 0 Å². The number of nitrogens with zero attached hydrogens (tertiary/aromatic N) is 2. The average molecular weight is 392 g/mol. The Morgan fingerprint density at radius 2 is 1.30 bits per heavy atom. The van der Waals surface area contributed by atoms with E-state index < -0.39 is 0 Å². The number of aromatic nitrogens is 2. The summed E-state index contributed by atoms with van der Waals surface area (Å²) in [5.41, 5.74) is 2.69. The number of benzene rings is 4. The SMILES string of the molecule is CCCc1n(Cc2ccc3ccccc3c2)cc[n+]1Cc1ccc2ccccc2c1. The summed E-state index contributed by atoms with van der Waals surface area (Å²) in [6, 6.07) is 30.8. The van der Waals surface area contributed by atoms with Crippen molar-refractivity contribution in [2.24, 2.45) is 0 Å². The van der Waals surface area contributed by atoms with Gasteiger partial charge in [0.15, 0.2) is 0 Å². The molecule has 0 aliphatic heterocycles. The molecule has 30 heavy (non-hydrogen) atoms. The van der Waals surface area contributed by atoms with Gasteiger partial charge in [0.1, 0.15) is 25.5 Å². The zero-order valence-corrected chi connectivity index (χ0v) is 17.5. The number of hydrogen-bond donors (Lipinski definition) is 0. The van der Waals surface area contributed by atoms with Crippen LogP contribution in [0.2, 0.25) is 0 Å². The summed E-state index contributed by atoms with van der Waals surface area (Å²) in [6.07, 6.45) is 6.69. The summed E-state index contributed by atoms with van der Waals surface area (Å²) < 4.78 is 4.82. The van der Waals surface area contributed by atoms with Crippen LogP contribution in [0, 0.1) is 0 Å². The molecule has 148 valence electrons. The molecule has 0 bridgehead atoms. The Hall–Kier alpha value is -3.39. The first-order valence-corrected chi connectivity index (χ1v) is 10.8. The number of fused-ring (bicyclic) bond motifs is 2. The Kier molecular flexibility index (Phi) is 5.06. The Bertz CT molecular complexity index is 1210. The van der Waals surface area contributed by atoms with Crippen molar-refractivity contribution in [2.75, 3.05) is 0 Å². The highest BCUT2D eigenvalue weighted by Crippen LogP contribution is 2.18. The van der Waals surface area contributed by atoms with E-state index in [1.54, 1.807) is 0 Å². The van der Waals surface area contributed by atoms with Gasteiger partial charge < -0.3 is 0 Å². The second-order valence-electron chi connectivity index (χ2n) is 8.08. The van der Waals surface area contributed by atoms with E-state index in [2.05, 4.69) is 113 Å². The number of hydrogen-bond acceptors (Lipinski definition) is 0. The predicted molar refractivity (Wildman–Crippen MR) is 125 cm³/mol. The Morgan fingerprint density at radius 1 is 0.700 bits per heavy atom. The van der Waals surface area contributed by atoms with Crippen molar-refractivity contribution in [3.05, 3.63) is 114 Å². The zero-order valence-electron chi connectivity index (χ0n) is 17.5. The van der Waals surface area contributed by atoms with E-state index in [9.17, 15) is 0 Å². The third kappa shape index (κ3) is 3.73. The number of rotatable bonds is 6. The molecule has 0 saturated heterocycles. The van der Waals surface area contributed by atoms with Crippen LogP contribution in [0.1, 0.15) is 30.3 Å². The summed E-state index contributed by atoms with van der Waals surface area (Å²) in [6.45, 7) is 4.07. The lowest BCUT2D eigenvalue weighted by Crippen LogP contribution is -2.37. The van der Waals surface area contributed by atoms with Gasteiger partial charge in [-0.25, -0.2) is 9.13 Å². The van der Waals surface area contributed by atoms with Crippen LogP contribution < -0.4 is 4.57 Å². The minimum Gasteiger partial charge on any atom is -0.230 e. The minimum atomic E-state index is 0.908. The molecule has 1 aromatic heterocycles. The van der Waals surface area contributed by atoms with E-state index in [1.165, 1.54) is 38.5 Å². The lowest BCUT2D eigenvalue weighted by Gasteiger charge is -2.07. The van der Waals surface area contributed by atoms with Crippen molar-refractivity contribution in [3.8, 4) is 0 Å². The van der Waals surface area contributed by atoms with Gasteiger partial charge in [-0.3, -0.25) is 0 Å². The van der Waals surface area contributed by atoms with Crippen LogP contribution in [-0.4, -0.2) is 4.57 Å². The van der Waals surface area contributed by atoms with Gasteiger partial charge in [0.2, 0.25) is 0 Å². The summed E-state index contributed by atoms with van der Waals surface area (Å²) in [7, 11) is 0. The van der Waals surface area contributed by atoms with Crippen molar-refractivity contribution in [2.45, 2.75) is 32.9 Å². The quantitative estimate of drug-likeness (QED) is 0.308. The maximum absolute atomic E-state index is 2.41. The summed E-state index contributed by atoms with van der Waals surface area (Å²) >= 11 is 0. The van der Waals surface area contributed by atoms with Gasteiger partial charge in [-0.2, -0.15) is 0 Å². The maximum Gasteiger partial charge on any atom is 0.256 e. The molecule has 0 spiro atoms. The van der Waals surface area contributed by atoms with E-state index in [4.69, 9.17) is 0 Å². The first-order chi connectivity index (χ1) is 14.8. The van der Waals surface area contributed by atoms with E-state index in [-0.39, 0.29) is 0 Å². The van der Waals surface area contributed by atoms with Crippen LogP contribution in [0.15, 0.2) is 97.3 Å². The molecule has 2 nitrogen and oxygen atoms in total. The monoisotopic (exact) mass is 391 g/mol. The van der Waals surface area contributed by atoms with Gasteiger partial charge in [-0.15, -0.1) is 0 Å². The molecule has 4 aromatic carbocycles. The minimum absolute atomic E-state index is 0.908. The van der Waals surface area contributed by atoms with Gasteiger partial charge in [0.25, 0.3) is 5.82 Å². The maximum atomic E-state index is 2.41. The summed E-state index contributed by atoms with van der Waals surface area (Å²) in [5, 5.41) is 5.22. The molecular formula is C28H27N2+. The van der Waals surface area contributed by atoms with Crippen molar-refractivity contribution in [1.82, 2.24) is 4.57 Å². The van der Waals surface area contributed by atoms with Crippen LogP contribution in [-0.2, 0) is 19.5 Å². The van der Waals surface area contributed by atoms with Crippen molar-refractivity contribution in [1.29, 1.82) is 0 Å². The van der Waals surface area contributed by atoms with E-state index in [0.717, 1.165) is 25.9 Å². The van der Waals surface area contributed by atoms with Gasteiger partial charge in [0.05, 0.1) is 0 Å². The van der Waals surface area contributed by atoms with Crippen LogP contribution in [0.4, 0.5) is 0 Å². The fourth-order valence-corrected chi connectivity index (χ4v) is 4.36. The third-order valence-electron chi connectivity index (χ3n) is 5.90. The Labute approximate surface area is 178 Å². The third-order valence-corrected chi connectivity index (χ3v) is 5.90. The highest BCUT2D eigenvalue weighted by Gasteiger charge is 2.17. The van der Waals surface area contributed by atoms with E-state index >= 15 is 0 Å². The molecule has 5 rings (SSSR count). The zero-order chi connectivity index (χ0) is 20.3. The predicted octanol–water partition coefficient (Wildman–Crippen LogP) is 6.13. The molecule has 0 fully saturated rings. The number of imidazole rings is 1. The molecule has 0 aliphatic carbocycles. The van der Waals surface area contributed by atoms with Gasteiger partial charge in [-0.05, 0) is 51.2 Å². The van der Waals surface area contributed by atoms with E-state index in [0.29, 0.717) is 0 Å². The average Bonchev–Trinajstić information content (AvgIpc) is 3.15. The normalized spacial score (nSPS) is 11.4. The largest absolute Gasteiger partial charge is 0.256 e. The molecule has 0 saturated carbocycles. The molecule has 0 atom stereocenters. The van der Waals surface area contributed by atoms with Gasteiger partial charge in [0, 0.05) is 6.42 Å². The lowest BCUT2D eigenvalue weighted by atomic mass is 10.1. The molecule has 0 N–H and O–H groups in total. The standard InChI is InChI=1S/C28H27N2/c1-2-7-28-29(20-22-12-14-24-8-3-5-10-26(24)18-22)16-17-30(28)21-23-13-15-25-9-4-6-11-27(25)19-23/h3-6,8-19H,2,7,20-21H2,1H3/q+1. The Morgan fingerprint density at radius 3 is 1.97 bits per heavy atom. The van der Waals surface area contributed by atoms with Gasteiger partial charge in [-0.1, -0.05) is 79.7 Å². The van der Waals surface area contributed by atoms with E-state index in [1.807, 2.05) is 0 Å². The summed E-state index contributed by atoms with van der Waals surface area (Å²) in [5.74, 6) is 1.39. The molecule has 5 aromatic rings. The van der Waals surface area contributed by atoms with Crippen molar-refractivity contribution < 1.29 is 4.57 Å². The molecular weight excluding hydrogens is 364 g/mol. The first kappa shape index (κ1) is 18.6. The lowest BCUT2D eigenvalue weighted by molar-refractivity contribution is -0.695. The van der Waals surface area contributed by atoms with Gasteiger partial charge >= 0.3 is 0 Å². The first-order valence-electron chi connectivity index (χ1n) is 10.8. The highest BCUT2D eigenvalue weighted by molar-refractivity contribution is 5.83. The highest BCUT2D eigenvalue weighted by atomic mass is 15.1. The second-order valence-corrected chi connectivity index (χ2v) is 8.08. The van der Waals surface area contributed by atoms with Crippen molar-refractivity contribution >= 4 is 21.5 Å². The molecule has 0 aliphatic rings. The molecule has 0 amide bonds. The topological polar surface area (TPSA) is 8.81 Å². The fourth-order valence-electron chi connectivity index (χ4n) is 4.36. The molecule has 0 radical (unpaired) electrons. The second kappa shape index (κ2) is 8.16. The molecule has 1 heterocycles. The smallest absolute Gasteiger partial charge is 0.230 e.